The number of fused-ring (bicyclic) bond motifs is 5. The first-order valence-corrected chi connectivity index (χ1v) is 10.2. The maximum atomic E-state index is 11.9. The van der Waals surface area contributed by atoms with Crippen molar-refractivity contribution >= 4 is 11.8 Å². The molecule has 0 radical (unpaired) electrons. The fourth-order valence-electron chi connectivity index (χ4n) is 7.24. The van der Waals surface area contributed by atoms with Crippen molar-refractivity contribution in [3.63, 3.8) is 0 Å². The van der Waals surface area contributed by atoms with E-state index in [0.29, 0.717) is 30.0 Å². The van der Waals surface area contributed by atoms with Gasteiger partial charge in [-0.2, -0.15) is 0 Å². The summed E-state index contributed by atoms with van der Waals surface area (Å²) in [6.07, 6.45) is 15.7. The monoisotopic (exact) mass is 354 g/mol. The van der Waals surface area contributed by atoms with Gasteiger partial charge < -0.3 is 4.74 Å². The second-order valence-corrected chi connectivity index (χ2v) is 9.53. The highest BCUT2D eigenvalue weighted by Crippen LogP contribution is 2.68. The third kappa shape index (κ3) is 2.20. The minimum atomic E-state index is -0.742. The predicted molar refractivity (Wildman–Crippen MR) is 100 cm³/mol. The summed E-state index contributed by atoms with van der Waals surface area (Å²) < 4.78 is 5.81. The van der Waals surface area contributed by atoms with Gasteiger partial charge in [0.2, 0.25) is 0 Å². The number of hydrogen-bond donors (Lipinski definition) is 0. The Bertz CT molecular complexity index is 728. The number of rotatable bonds is 1. The van der Waals surface area contributed by atoms with E-state index >= 15 is 0 Å². The predicted octanol–water partition coefficient (Wildman–Crippen LogP) is 4.45. The Hall–Kier alpha value is -1.56. The number of esters is 1. The van der Waals surface area contributed by atoms with Gasteiger partial charge in [0.15, 0.2) is 11.4 Å². The molecule has 4 unspecified atom stereocenters. The van der Waals surface area contributed by atoms with Crippen LogP contribution in [0.3, 0.4) is 0 Å². The number of carbonyl (C=O) groups excluding carboxylic acids is 2. The summed E-state index contributed by atoms with van der Waals surface area (Å²) in [4.78, 5) is 23.7. The molecule has 0 aromatic rings. The summed E-state index contributed by atoms with van der Waals surface area (Å²) in [7, 11) is 0. The maximum Gasteiger partial charge on any atom is 0.304 e. The van der Waals surface area contributed by atoms with Crippen molar-refractivity contribution in [1.82, 2.24) is 0 Å². The van der Waals surface area contributed by atoms with Gasteiger partial charge in [-0.25, -0.2) is 0 Å². The molecule has 0 spiro atoms. The Morgan fingerprint density at radius 2 is 1.88 bits per heavy atom. The van der Waals surface area contributed by atoms with Crippen LogP contribution in [-0.4, -0.2) is 17.4 Å². The summed E-state index contributed by atoms with van der Waals surface area (Å²) in [5, 5.41) is 0. The quantitative estimate of drug-likeness (QED) is 0.516. The largest absolute Gasteiger partial charge is 0.445 e. The molecule has 4 aliphatic carbocycles. The van der Waals surface area contributed by atoms with Gasteiger partial charge in [0.1, 0.15) is 0 Å². The first kappa shape index (κ1) is 17.8. The lowest BCUT2D eigenvalue weighted by Crippen LogP contribution is -2.55. The minimum absolute atomic E-state index is 0.128. The Balaban J connectivity index is 1.69. The van der Waals surface area contributed by atoms with Crippen molar-refractivity contribution in [3.05, 3.63) is 11.6 Å². The van der Waals surface area contributed by atoms with Crippen molar-refractivity contribution < 1.29 is 14.3 Å². The molecule has 0 aromatic heterocycles. The molecule has 0 saturated heterocycles. The van der Waals surface area contributed by atoms with Crippen molar-refractivity contribution in [2.45, 2.75) is 77.7 Å². The maximum absolute atomic E-state index is 11.9. The average Bonchev–Trinajstić information content (AvgIpc) is 2.88. The van der Waals surface area contributed by atoms with E-state index in [2.05, 4.69) is 19.8 Å². The van der Waals surface area contributed by atoms with Crippen LogP contribution >= 0.6 is 0 Å². The van der Waals surface area contributed by atoms with Crippen molar-refractivity contribution in [3.8, 4) is 12.3 Å². The van der Waals surface area contributed by atoms with Gasteiger partial charge in [-0.1, -0.05) is 25.3 Å². The second kappa shape index (κ2) is 5.72. The Morgan fingerprint density at radius 1 is 1.15 bits per heavy atom. The molecule has 26 heavy (non-hydrogen) atoms. The lowest BCUT2D eigenvalue weighted by molar-refractivity contribution is -0.169. The molecule has 3 heteroatoms. The van der Waals surface area contributed by atoms with Gasteiger partial charge in [-0.3, -0.25) is 9.59 Å². The molecule has 0 amide bonds. The fraction of sp³-hybridized carbons (Fsp3) is 0.739. The average molecular weight is 354 g/mol. The van der Waals surface area contributed by atoms with Gasteiger partial charge in [0.05, 0.1) is 0 Å². The summed E-state index contributed by atoms with van der Waals surface area (Å²) in [5.41, 5.74) is 0.686. The zero-order chi connectivity index (χ0) is 18.7. The molecule has 0 N–H and O–H groups in total. The zero-order valence-electron chi connectivity index (χ0n) is 16.3. The number of allylic oxidation sites excluding steroid dienone is 1. The molecule has 3 fully saturated rings. The summed E-state index contributed by atoms with van der Waals surface area (Å²) >= 11 is 0. The van der Waals surface area contributed by atoms with Crippen LogP contribution in [0.1, 0.15) is 72.1 Å². The van der Waals surface area contributed by atoms with Crippen LogP contribution in [0.25, 0.3) is 0 Å². The highest BCUT2D eigenvalue weighted by molar-refractivity contribution is 5.91. The molecule has 4 aliphatic rings. The lowest BCUT2D eigenvalue weighted by atomic mass is 9.46. The van der Waals surface area contributed by atoms with E-state index in [1.807, 2.05) is 6.08 Å². The molecular weight excluding hydrogens is 324 g/mol. The zero-order valence-corrected chi connectivity index (χ0v) is 16.3. The van der Waals surface area contributed by atoms with E-state index in [1.54, 1.807) is 0 Å². The standard InChI is InChI=1S/C23H30O3/c1-5-23(26-15(2)24)13-10-20-18-7-6-16-14-17(25)8-11-21(16,3)19(18)9-12-22(20,23)4/h1,14,18-20H,6-13H2,2-4H3/t18?,19?,20?,21-,22-,23?/m0/s1. The van der Waals surface area contributed by atoms with Crippen LogP contribution in [0.5, 0.6) is 0 Å². The molecule has 0 heterocycles. The molecule has 0 aromatic carbocycles. The second-order valence-electron chi connectivity index (χ2n) is 9.53. The molecule has 0 aliphatic heterocycles. The molecule has 3 nitrogen and oxygen atoms in total. The van der Waals surface area contributed by atoms with Crippen molar-refractivity contribution in [2.24, 2.45) is 28.6 Å². The fourth-order valence-corrected chi connectivity index (χ4v) is 7.24. The number of ketones is 1. The van der Waals surface area contributed by atoms with Crippen LogP contribution in [0, 0.1) is 40.9 Å². The number of hydrogen-bond acceptors (Lipinski definition) is 3. The first-order chi connectivity index (χ1) is 12.3. The smallest absolute Gasteiger partial charge is 0.304 e. The van der Waals surface area contributed by atoms with E-state index in [9.17, 15) is 9.59 Å². The topological polar surface area (TPSA) is 43.4 Å². The van der Waals surface area contributed by atoms with Gasteiger partial charge in [0.25, 0.3) is 0 Å². The van der Waals surface area contributed by atoms with E-state index in [0.717, 1.165) is 44.9 Å². The van der Waals surface area contributed by atoms with Crippen molar-refractivity contribution in [1.29, 1.82) is 0 Å². The summed E-state index contributed by atoms with van der Waals surface area (Å²) in [6, 6.07) is 0. The van der Waals surface area contributed by atoms with Crippen LogP contribution < -0.4 is 0 Å². The number of carbonyl (C=O) groups is 2. The molecule has 4 rings (SSSR count). The summed E-state index contributed by atoms with van der Waals surface area (Å²) in [6.45, 7) is 6.13. The van der Waals surface area contributed by atoms with Crippen LogP contribution in [0.2, 0.25) is 0 Å². The van der Waals surface area contributed by atoms with Gasteiger partial charge >= 0.3 is 5.97 Å². The third-order valence-corrected chi connectivity index (χ3v) is 8.63. The highest BCUT2D eigenvalue weighted by Gasteiger charge is 2.65. The van der Waals surface area contributed by atoms with Gasteiger partial charge in [-0.05, 0) is 74.2 Å². The van der Waals surface area contributed by atoms with Gasteiger partial charge in [-0.15, -0.1) is 6.42 Å². The van der Waals surface area contributed by atoms with Crippen LogP contribution in [-0.2, 0) is 14.3 Å². The van der Waals surface area contributed by atoms with Crippen LogP contribution in [0.15, 0.2) is 11.6 Å². The normalized spacial score (nSPS) is 47.1. The third-order valence-electron chi connectivity index (χ3n) is 8.63. The Kier molecular flexibility index (Phi) is 3.92. The molecule has 140 valence electrons. The summed E-state index contributed by atoms with van der Waals surface area (Å²) in [5.74, 6) is 4.71. The molecule has 0 bridgehead atoms. The van der Waals surface area contributed by atoms with Gasteiger partial charge in [0, 0.05) is 18.8 Å². The van der Waals surface area contributed by atoms with Crippen LogP contribution in [0.4, 0.5) is 0 Å². The Labute approximate surface area is 156 Å². The van der Waals surface area contributed by atoms with Crippen molar-refractivity contribution in [2.75, 3.05) is 0 Å². The highest BCUT2D eigenvalue weighted by atomic mass is 16.6. The Morgan fingerprint density at radius 3 is 2.58 bits per heavy atom. The number of terminal acetylenes is 1. The molecule has 3 saturated carbocycles. The molecular formula is C23H30O3. The molecule has 6 atom stereocenters. The van der Waals surface area contributed by atoms with E-state index < -0.39 is 5.60 Å². The lowest BCUT2D eigenvalue weighted by Gasteiger charge is -2.58. The first-order valence-electron chi connectivity index (χ1n) is 10.2. The number of ether oxygens (including phenoxy) is 1. The minimum Gasteiger partial charge on any atom is -0.445 e. The van der Waals surface area contributed by atoms with E-state index in [4.69, 9.17) is 11.2 Å². The van der Waals surface area contributed by atoms with E-state index in [1.165, 1.54) is 12.5 Å². The van der Waals surface area contributed by atoms with E-state index in [-0.39, 0.29) is 16.8 Å². The SMILES string of the molecule is C#CC1(OC(C)=O)CCC2C3CCC4=CC(=O)CC[C@]4(C)C3CC[C@@]21C.